The van der Waals surface area contributed by atoms with E-state index in [1.165, 1.54) is 24.8 Å². The van der Waals surface area contributed by atoms with E-state index in [4.69, 9.17) is 10.5 Å². The van der Waals surface area contributed by atoms with Crippen molar-refractivity contribution in [2.75, 3.05) is 0 Å². The quantitative estimate of drug-likeness (QED) is 0.861. The third-order valence-corrected chi connectivity index (χ3v) is 3.76. The summed E-state index contributed by atoms with van der Waals surface area (Å²) in [6, 6.07) is 9.00. The molecule has 0 aliphatic heterocycles. The molecule has 2 nitrogen and oxygen atoms in total. The molecule has 2 N–H and O–H groups in total. The molecule has 0 radical (unpaired) electrons. The molecule has 1 aromatic carbocycles. The zero-order valence-corrected chi connectivity index (χ0v) is 11.4. The highest BCUT2D eigenvalue weighted by Gasteiger charge is 2.19. The molecule has 18 heavy (non-hydrogen) atoms. The van der Waals surface area contributed by atoms with Crippen LogP contribution >= 0.6 is 0 Å². The van der Waals surface area contributed by atoms with Gasteiger partial charge in [0.25, 0.3) is 0 Å². The summed E-state index contributed by atoms with van der Waals surface area (Å²) >= 11 is 0. The van der Waals surface area contributed by atoms with E-state index < -0.39 is 0 Å². The van der Waals surface area contributed by atoms with Crippen LogP contribution in [0.15, 0.2) is 24.3 Å². The van der Waals surface area contributed by atoms with Gasteiger partial charge in [-0.3, -0.25) is 0 Å². The van der Waals surface area contributed by atoms with Crippen LogP contribution < -0.4 is 10.5 Å². The first-order valence-electron chi connectivity index (χ1n) is 7.29. The lowest BCUT2D eigenvalue weighted by Crippen LogP contribution is -2.31. The fourth-order valence-electron chi connectivity index (χ4n) is 2.51. The van der Waals surface area contributed by atoms with E-state index in [1.807, 2.05) is 0 Å². The van der Waals surface area contributed by atoms with Crippen molar-refractivity contribution in [2.24, 2.45) is 5.73 Å². The lowest BCUT2D eigenvalue weighted by atomic mass is 9.94. The average Bonchev–Trinajstić information content (AvgIpc) is 2.41. The minimum absolute atomic E-state index is 0.367. The first-order chi connectivity index (χ1) is 8.78. The van der Waals surface area contributed by atoms with Crippen LogP contribution in [0.5, 0.6) is 5.75 Å². The molecule has 2 heteroatoms. The van der Waals surface area contributed by atoms with Gasteiger partial charge >= 0.3 is 0 Å². The molecule has 2 rings (SSSR count). The molecule has 1 fully saturated rings. The SMILES string of the molecule is CCCCc1ccc(OC2CCC(N)CC2)cc1. The van der Waals surface area contributed by atoms with Crippen LogP contribution in [0.2, 0.25) is 0 Å². The number of benzene rings is 1. The molecule has 1 aliphatic rings. The first-order valence-corrected chi connectivity index (χ1v) is 7.29. The van der Waals surface area contributed by atoms with Crippen molar-refractivity contribution in [3.8, 4) is 5.75 Å². The van der Waals surface area contributed by atoms with E-state index in [0.29, 0.717) is 12.1 Å². The summed E-state index contributed by atoms with van der Waals surface area (Å²) in [6.07, 6.45) is 8.44. The Morgan fingerprint density at radius 1 is 1.11 bits per heavy atom. The fraction of sp³-hybridized carbons (Fsp3) is 0.625. The van der Waals surface area contributed by atoms with Crippen molar-refractivity contribution in [3.05, 3.63) is 29.8 Å². The Hall–Kier alpha value is -1.02. The van der Waals surface area contributed by atoms with Crippen LogP contribution in [-0.2, 0) is 6.42 Å². The van der Waals surface area contributed by atoms with Gasteiger partial charge in [0.15, 0.2) is 0 Å². The van der Waals surface area contributed by atoms with Gasteiger partial charge in [0, 0.05) is 6.04 Å². The Labute approximate surface area is 111 Å². The second kappa shape index (κ2) is 6.79. The predicted octanol–water partition coefficient (Wildman–Crippen LogP) is 3.68. The molecule has 100 valence electrons. The molecule has 0 spiro atoms. The van der Waals surface area contributed by atoms with Crippen LogP contribution in [0.25, 0.3) is 0 Å². The smallest absolute Gasteiger partial charge is 0.119 e. The molecule has 0 amide bonds. The van der Waals surface area contributed by atoms with E-state index in [2.05, 4.69) is 31.2 Å². The van der Waals surface area contributed by atoms with Gasteiger partial charge < -0.3 is 10.5 Å². The highest BCUT2D eigenvalue weighted by molar-refractivity contribution is 5.27. The lowest BCUT2D eigenvalue weighted by molar-refractivity contribution is 0.147. The topological polar surface area (TPSA) is 35.2 Å². The maximum absolute atomic E-state index is 6.01. The van der Waals surface area contributed by atoms with Crippen LogP contribution in [0.4, 0.5) is 0 Å². The van der Waals surface area contributed by atoms with Crippen molar-refractivity contribution >= 4 is 0 Å². The third kappa shape index (κ3) is 4.02. The predicted molar refractivity (Wildman–Crippen MR) is 75.9 cm³/mol. The molecule has 0 atom stereocenters. The average molecular weight is 247 g/mol. The molecule has 1 saturated carbocycles. The summed E-state index contributed by atoms with van der Waals surface area (Å²) in [6.45, 7) is 2.23. The minimum Gasteiger partial charge on any atom is -0.490 e. The summed E-state index contributed by atoms with van der Waals surface area (Å²) < 4.78 is 6.01. The Bertz CT molecular complexity index is 339. The Morgan fingerprint density at radius 3 is 2.39 bits per heavy atom. The van der Waals surface area contributed by atoms with E-state index >= 15 is 0 Å². The van der Waals surface area contributed by atoms with Gasteiger partial charge in [0.05, 0.1) is 6.10 Å². The van der Waals surface area contributed by atoms with Gasteiger partial charge in [-0.25, -0.2) is 0 Å². The van der Waals surface area contributed by atoms with Gasteiger partial charge in [-0.2, -0.15) is 0 Å². The fourth-order valence-corrected chi connectivity index (χ4v) is 2.51. The van der Waals surface area contributed by atoms with Gasteiger partial charge in [-0.1, -0.05) is 25.5 Å². The van der Waals surface area contributed by atoms with Crippen molar-refractivity contribution in [2.45, 2.75) is 64.0 Å². The monoisotopic (exact) mass is 247 g/mol. The van der Waals surface area contributed by atoms with Crippen LogP contribution in [0, 0.1) is 0 Å². The number of hydrogen-bond donors (Lipinski definition) is 1. The van der Waals surface area contributed by atoms with Crippen LogP contribution in [0.1, 0.15) is 51.0 Å². The van der Waals surface area contributed by atoms with Crippen molar-refractivity contribution in [3.63, 3.8) is 0 Å². The summed E-state index contributed by atoms with van der Waals surface area (Å²) in [5.74, 6) is 1.01. The van der Waals surface area contributed by atoms with Crippen molar-refractivity contribution in [1.82, 2.24) is 0 Å². The second-order valence-electron chi connectivity index (χ2n) is 5.40. The van der Waals surface area contributed by atoms with Gasteiger partial charge in [-0.15, -0.1) is 0 Å². The van der Waals surface area contributed by atoms with Crippen LogP contribution in [0.3, 0.4) is 0 Å². The Kier molecular flexibility index (Phi) is 5.06. The number of aryl methyl sites for hydroxylation is 1. The zero-order valence-electron chi connectivity index (χ0n) is 11.4. The zero-order chi connectivity index (χ0) is 12.8. The maximum atomic E-state index is 6.01. The molecule has 0 saturated heterocycles. The normalized spacial score (nSPS) is 23.9. The molecule has 0 unspecified atom stereocenters. The highest BCUT2D eigenvalue weighted by atomic mass is 16.5. The number of hydrogen-bond acceptors (Lipinski definition) is 2. The highest BCUT2D eigenvalue weighted by Crippen LogP contribution is 2.23. The number of nitrogens with two attached hydrogens (primary N) is 1. The van der Waals surface area contributed by atoms with Gasteiger partial charge in [-0.05, 0) is 56.2 Å². The molecule has 1 aromatic rings. The largest absolute Gasteiger partial charge is 0.490 e. The van der Waals surface area contributed by atoms with E-state index in [0.717, 1.165) is 31.4 Å². The summed E-state index contributed by atoms with van der Waals surface area (Å²) in [5.41, 5.74) is 7.31. The minimum atomic E-state index is 0.367. The molecule has 1 aliphatic carbocycles. The summed E-state index contributed by atoms with van der Waals surface area (Å²) in [4.78, 5) is 0. The first kappa shape index (κ1) is 13.4. The molecule has 0 aromatic heterocycles. The van der Waals surface area contributed by atoms with Crippen molar-refractivity contribution < 1.29 is 4.74 Å². The number of ether oxygens (including phenoxy) is 1. The van der Waals surface area contributed by atoms with Gasteiger partial charge in [0.1, 0.15) is 5.75 Å². The third-order valence-electron chi connectivity index (χ3n) is 3.76. The Balaban J connectivity index is 1.82. The maximum Gasteiger partial charge on any atom is 0.119 e. The number of unbranched alkanes of at least 4 members (excludes halogenated alkanes) is 1. The van der Waals surface area contributed by atoms with E-state index in [-0.39, 0.29) is 0 Å². The van der Waals surface area contributed by atoms with Gasteiger partial charge in [0.2, 0.25) is 0 Å². The van der Waals surface area contributed by atoms with Crippen LogP contribution in [-0.4, -0.2) is 12.1 Å². The Morgan fingerprint density at radius 2 is 1.78 bits per heavy atom. The van der Waals surface area contributed by atoms with Crippen molar-refractivity contribution in [1.29, 1.82) is 0 Å². The summed E-state index contributed by atoms with van der Waals surface area (Å²) in [7, 11) is 0. The summed E-state index contributed by atoms with van der Waals surface area (Å²) in [5, 5.41) is 0. The van der Waals surface area contributed by atoms with E-state index in [1.54, 1.807) is 0 Å². The van der Waals surface area contributed by atoms with E-state index in [9.17, 15) is 0 Å². The molecular weight excluding hydrogens is 222 g/mol. The number of rotatable bonds is 5. The molecule has 0 bridgehead atoms. The molecule has 0 heterocycles. The lowest BCUT2D eigenvalue weighted by Gasteiger charge is -2.26. The second-order valence-corrected chi connectivity index (χ2v) is 5.40. The molecular formula is C16H25NO. The standard InChI is InChI=1S/C16H25NO/c1-2-3-4-13-5-9-15(10-6-13)18-16-11-7-14(17)8-12-16/h5-6,9-10,14,16H,2-4,7-8,11-12,17H2,1H3.